The normalized spacial score (nSPS) is 10.2. The van der Waals surface area contributed by atoms with Gasteiger partial charge in [-0.25, -0.2) is 4.79 Å². The molecule has 0 unspecified atom stereocenters. The Bertz CT molecular complexity index is 400. The number of anilines is 1. The summed E-state index contributed by atoms with van der Waals surface area (Å²) in [4.78, 5) is 11.6. The zero-order chi connectivity index (χ0) is 13.4. The summed E-state index contributed by atoms with van der Waals surface area (Å²) in [5.41, 5.74) is 0.737. The summed E-state index contributed by atoms with van der Waals surface area (Å²) in [6.07, 6.45) is 0.808. The monoisotopic (exact) mass is 378 g/mol. The van der Waals surface area contributed by atoms with Crippen LogP contribution in [0.15, 0.2) is 27.1 Å². The van der Waals surface area contributed by atoms with Crippen LogP contribution in [0.2, 0.25) is 0 Å². The van der Waals surface area contributed by atoms with Crippen molar-refractivity contribution in [3.8, 4) is 0 Å². The second-order valence-electron chi connectivity index (χ2n) is 3.56. The van der Waals surface area contributed by atoms with Gasteiger partial charge in [0.15, 0.2) is 0 Å². The Labute approximate surface area is 124 Å². The van der Waals surface area contributed by atoms with E-state index in [1.165, 1.54) is 0 Å². The van der Waals surface area contributed by atoms with E-state index in [-0.39, 0.29) is 6.03 Å². The van der Waals surface area contributed by atoms with Gasteiger partial charge in [-0.05, 0) is 47.5 Å². The van der Waals surface area contributed by atoms with Gasteiger partial charge in [0.25, 0.3) is 0 Å². The lowest BCUT2D eigenvalue weighted by Gasteiger charge is -2.09. The number of carbonyl (C=O) groups is 1. The van der Waals surface area contributed by atoms with E-state index >= 15 is 0 Å². The number of carbonyl (C=O) groups excluding carboxylic acids is 1. The van der Waals surface area contributed by atoms with Crippen molar-refractivity contribution in [1.82, 2.24) is 5.32 Å². The van der Waals surface area contributed by atoms with E-state index in [9.17, 15) is 4.79 Å². The molecule has 0 bridgehead atoms. The Hall–Kier alpha value is -0.590. The van der Waals surface area contributed by atoms with E-state index in [0.29, 0.717) is 19.8 Å². The van der Waals surface area contributed by atoms with Crippen LogP contribution in [0.25, 0.3) is 0 Å². The smallest absolute Gasteiger partial charge is 0.319 e. The highest BCUT2D eigenvalue weighted by Crippen LogP contribution is 2.25. The first-order valence-corrected chi connectivity index (χ1v) is 7.29. The SMILES string of the molecule is CCOCCCNC(=O)Nc1ccc(Br)cc1Br. The van der Waals surface area contributed by atoms with Crippen molar-refractivity contribution < 1.29 is 9.53 Å². The molecule has 0 aliphatic carbocycles. The molecule has 1 rings (SSSR count). The molecule has 2 amide bonds. The highest BCUT2D eigenvalue weighted by atomic mass is 79.9. The summed E-state index contributed by atoms with van der Waals surface area (Å²) in [7, 11) is 0. The Morgan fingerprint density at radius 1 is 1.39 bits per heavy atom. The summed E-state index contributed by atoms with van der Waals surface area (Å²) < 4.78 is 6.97. The highest BCUT2D eigenvalue weighted by molar-refractivity contribution is 9.11. The highest BCUT2D eigenvalue weighted by Gasteiger charge is 2.04. The lowest BCUT2D eigenvalue weighted by molar-refractivity contribution is 0.145. The van der Waals surface area contributed by atoms with Gasteiger partial charge in [-0.15, -0.1) is 0 Å². The number of urea groups is 1. The molecule has 0 radical (unpaired) electrons. The van der Waals surface area contributed by atoms with E-state index in [0.717, 1.165) is 21.1 Å². The molecule has 0 fully saturated rings. The van der Waals surface area contributed by atoms with Gasteiger partial charge in [-0.2, -0.15) is 0 Å². The molecule has 1 aromatic carbocycles. The van der Waals surface area contributed by atoms with Gasteiger partial charge in [-0.1, -0.05) is 15.9 Å². The van der Waals surface area contributed by atoms with Crippen LogP contribution >= 0.6 is 31.9 Å². The average Bonchev–Trinajstić information content (AvgIpc) is 2.32. The zero-order valence-electron chi connectivity index (χ0n) is 10.1. The van der Waals surface area contributed by atoms with Crippen molar-refractivity contribution in [1.29, 1.82) is 0 Å². The van der Waals surface area contributed by atoms with Crippen LogP contribution in [0.3, 0.4) is 0 Å². The number of hydrogen-bond acceptors (Lipinski definition) is 2. The van der Waals surface area contributed by atoms with E-state index in [4.69, 9.17) is 4.74 Å². The summed E-state index contributed by atoms with van der Waals surface area (Å²) in [6.45, 7) is 3.92. The van der Waals surface area contributed by atoms with Gasteiger partial charge in [0.05, 0.1) is 5.69 Å². The summed E-state index contributed by atoms with van der Waals surface area (Å²) >= 11 is 6.74. The first-order valence-electron chi connectivity index (χ1n) is 5.71. The lowest BCUT2D eigenvalue weighted by Crippen LogP contribution is -2.30. The third-order valence-electron chi connectivity index (χ3n) is 2.13. The second kappa shape index (κ2) is 8.50. The molecular weight excluding hydrogens is 364 g/mol. The molecule has 0 atom stereocenters. The fourth-order valence-electron chi connectivity index (χ4n) is 1.28. The minimum atomic E-state index is -0.213. The second-order valence-corrected chi connectivity index (χ2v) is 5.33. The molecule has 4 nitrogen and oxygen atoms in total. The molecule has 0 aromatic heterocycles. The minimum absolute atomic E-state index is 0.213. The Morgan fingerprint density at radius 3 is 2.83 bits per heavy atom. The standard InChI is InChI=1S/C12H16Br2N2O2/c1-2-18-7-3-6-15-12(17)16-11-5-4-9(13)8-10(11)14/h4-5,8H,2-3,6-7H2,1H3,(H2,15,16,17). The molecule has 100 valence electrons. The van der Waals surface area contributed by atoms with Crippen LogP contribution in [0.1, 0.15) is 13.3 Å². The minimum Gasteiger partial charge on any atom is -0.382 e. The molecule has 0 spiro atoms. The van der Waals surface area contributed by atoms with Crippen LogP contribution < -0.4 is 10.6 Å². The number of benzene rings is 1. The molecular formula is C12H16Br2N2O2. The lowest BCUT2D eigenvalue weighted by atomic mass is 10.3. The number of nitrogens with one attached hydrogen (secondary N) is 2. The molecule has 0 saturated carbocycles. The van der Waals surface area contributed by atoms with E-state index in [1.807, 2.05) is 25.1 Å². The summed E-state index contributed by atoms with van der Waals surface area (Å²) in [5.74, 6) is 0. The van der Waals surface area contributed by atoms with Crippen LogP contribution in [0, 0.1) is 0 Å². The number of amides is 2. The Morgan fingerprint density at radius 2 is 2.17 bits per heavy atom. The van der Waals surface area contributed by atoms with E-state index in [2.05, 4.69) is 42.5 Å². The molecule has 0 saturated heterocycles. The molecule has 1 aromatic rings. The Balaban J connectivity index is 2.31. The van der Waals surface area contributed by atoms with Crippen LogP contribution in [-0.4, -0.2) is 25.8 Å². The maximum absolute atomic E-state index is 11.6. The first-order chi connectivity index (χ1) is 8.63. The van der Waals surface area contributed by atoms with E-state index in [1.54, 1.807) is 0 Å². The maximum atomic E-state index is 11.6. The van der Waals surface area contributed by atoms with Crippen molar-refractivity contribution in [2.75, 3.05) is 25.1 Å². The van der Waals surface area contributed by atoms with Crippen molar-refractivity contribution >= 4 is 43.6 Å². The molecule has 0 aliphatic rings. The predicted octanol–water partition coefficient (Wildman–Crippen LogP) is 3.76. The average molecular weight is 380 g/mol. The summed E-state index contributed by atoms with van der Waals surface area (Å²) in [6, 6.07) is 5.36. The third kappa shape index (κ3) is 5.84. The number of hydrogen-bond donors (Lipinski definition) is 2. The molecule has 0 aliphatic heterocycles. The quantitative estimate of drug-likeness (QED) is 0.739. The fourth-order valence-corrected chi connectivity index (χ4v) is 2.42. The molecule has 0 heterocycles. The van der Waals surface area contributed by atoms with E-state index < -0.39 is 0 Å². The zero-order valence-corrected chi connectivity index (χ0v) is 13.3. The summed E-state index contributed by atoms with van der Waals surface area (Å²) in [5, 5.41) is 5.54. The van der Waals surface area contributed by atoms with Gasteiger partial charge < -0.3 is 15.4 Å². The topological polar surface area (TPSA) is 50.4 Å². The van der Waals surface area contributed by atoms with Crippen LogP contribution in [0.4, 0.5) is 10.5 Å². The van der Waals surface area contributed by atoms with Crippen molar-refractivity contribution in [3.63, 3.8) is 0 Å². The van der Waals surface area contributed by atoms with Crippen molar-refractivity contribution in [2.45, 2.75) is 13.3 Å². The van der Waals surface area contributed by atoms with Crippen molar-refractivity contribution in [2.24, 2.45) is 0 Å². The maximum Gasteiger partial charge on any atom is 0.319 e. The molecule has 2 N–H and O–H groups in total. The number of halogens is 2. The van der Waals surface area contributed by atoms with Crippen LogP contribution in [-0.2, 0) is 4.74 Å². The Kier molecular flexibility index (Phi) is 7.31. The van der Waals surface area contributed by atoms with Gasteiger partial charge in [0.2, 0.25) is 0 Å². The third-order valence-corrected chi connectivity index (χ3v) is 3.28. The molecule has 18 heavy (non-hydrogen) atoms. The van der Waals surface area contributed by atoms with Crippen molar-refractivity contribution in [3.05, 3.63) is 27.1 Å². The fraction of sp³-hybridized carbons (Fsp3) is 0.417. The first kappa shape index (κ1) is 15.5. The van der Waals surface area contributed by atoms with Gasteiger partial charge >= 0.3 is 6.03 Å². The molecule has 6 heteroatoms. The van der Waals surface area contributed by atoms with Gasteiger partial charge in [0.1, 0.15) is 0 Å². The van der Waals surface area contributed by atoms with Gasteiger partial charge in [-0.3, -0.25) is 0 Å². The largest absolute Gasteiger partial charge is 0.382 e. The van der Waals surface area contributed by atoms with Crippen LogP contribution in [0.5, 0.6) is 0 Å². The number of rotatable bonds is 6. The van der Waals surface area contributed by atoms with Gasteiger partial charge in [0, 0.05) is 28.7 Å². The number of ether oxygens (including phenoxy) is 1. The predicted molar refractivity (Wildman–Crippen MR) is 80.0 cm³/mol.